The van der Waals surface area contributed by atoms with Crippen molar-refractivity contribution in [3.8, 4) is 5.75 Å². The molecule has 0 atom stereocenters. The Labute approximate surface area is 193 Å². The second-order valence-electron chi connectivity index (χ2n) is 10.3. The number of nitrogens with zero attached hydrogens (tertiary/aromatic N) is 1. The van der Waals surface area contributed by atoms with Crippen molar-refractivity contribution in [3.63, 3.8) is 0 Å². The Morgan fingerprint density at radius 1 is 1.06 bits per heavy atom. The number of ether oxygens (including phenoxy) is 1. The Balaban J connectivity index is 1.32. The zero-order chi connectivity index (χ0) is 22.6. The normalized spacial score (nSPS) is 17.1. The minimum atomic E-state index is 0.112. The lowest BCUT2D eigenvalue weighted by Crippen LogP contribution is -2.37. The summed E-state index contributed by atoms with van der Waals surface area (Å²) in [6.07, 6.45) is 10.2. The van der Waals surface area contributed by atoms with Crippen molar-refractivity contribution in [2.45, 2.75) is 58.8 Å². The topological polar surface area (TPSA) is 29.5 Å². The molecule has 0 unspecified atom stereocenters. The molecule has 3 heteroatoms. The van der Waals surface area contributed by atoms with Gasteiger partial charge in [0.05, 0.1) is 0 Å². The molecule has 1 saturated heterocycles. The zero-order valence-corrected chi connectivity index (χ0v) is 19.8. The molecule has 2 fully saturated rings. The maximum atomic E-state index is 13.1. The van der Waals surface area contributed by atoms with Crippen LogP contribution in [0.2, 0.25) is 0 Å². The third kappa shape index (κ3) is 6.03. The summed E-state index contributed by atoms with van der Waals surface area (Å²) in [6.45, 7) is 8.88. The highest BCUT2D eigenvalue weighted by atomic mass is 16.5. The van der Waals surface area contributed by atoms with Gasteiger partial charge >= 0.3 is 0 Å². The Hall–Kier alpha value is -2.55. The van der Waals surface area contributed by atoms with Crippen LogP contribution in [0.15, 0.2) is 60.2 Å². The Morgan fingerprint density at radius 2 is 1.81 bits per heavy atom. The number of carbonyl (C=O) groups excluding carboxylic acids is 1. The van der Waals surface area contributed by atoms with Crippen LogP contribution in [0.5, 0.6) is 5.75 Å². The monoisotopic (exact) mass is 430 g/mol. The number of hydrogen-bond donors (Lipinski definition) is 0. The van der Waals surface area contributed by atoms with Crippen LogP contribution in [0.4, 0.5) is 0 Å². The van der Waals surface area contributed by atoms with Crippen molar-refractivity contribution in [3.05, 3.63) is 83.3 Å². The van der Waals surface area contributed by atoms with Crippen molar-refractivity contribution in [2.75, 3.05) is 19.7 Å². The van der Waals surface area contributed by atoms with Crippen LogP contribution in [0, 0.1) is 11.8 Å². The standard InChI is InChI=1S/C29H36NO2/c1-29(2,3)21-23-9-5-10-25(19-23)24-13-16-30(17-14-24)28(31)26-11-6-12-27(20-26)32-18-15-22-7-4-8-22/h5-6,9-12,15,19-21,24H,4,7-8,13-14,16-18H2,1-3H3. The largest absolute Gasteiger partial charge is 0.490 e. The molecule has 4 rings (SSSR count). The van der Waals surface area contributed by atoms with Crippen molar-refractivity contribution in [1.29, 1.82) is 0 Å². The van der Waals surface area contributed by atoms with Gasteiger partial charge < -0.3 is 9.64 Å². The van der Waals surface area contributed by atoms with E-state index in [9.17, 15) is 4.79 Å². The van der Waals surface area contributed by atoms with Gasteiger partial charge in [-0.15, -0.1) is 0 Å². The van der Waals surface area contributed by atoms with E-state index in [0.29, 0.717) is 12.5 Å². The van der Waals surface area contributed by atoms with Crippen LogP contribution in [0.25, 0.3) is 0 Å². The quantitative estimate of drug-likeness (QED) is 0.472. The Bertz CT molecular complexity index is 955. The van der Waals surface area contributed by atoms with Crippen LogP contribution in [-0.2, 0) is 0 Å². The van der Waals surface area contributed by atoms with E-state index >= 15 is 0 Å². The fourth-order valence-electron chi connectivity index (χ4n) is 4.56. The van der Waals surface area contributed by atoms with E-state index in [0.717, 1.165) is 37.2 Å². The highest BCUT2D eigenvalue weighted by Gasteiger charge is 2.25. The number of carbonyl (C=O) groups is 1. The fourth-order valence-corrected chi connectivity index (χ4v) is 4.56. The fraction of sp³-hybridized carbons (Fsp3) is 0.448. The van der Waals surface area contributed by atoms with E-state index in [-0.39, 0.29) is 11.3 Å². The molecule has 1 amide bonds. The lowest BCUT2D eigenvalue weighted by Gasteiger charge is -2.32. The zero-order valence-electron chi connectivity index (χ0n) is 19.8. The molecule has 3 nitrogen and oxygen atoms in total. The molecule has 1 saturated carbocycles. The predicted octanol–water partition coefficient (Wildman–Crippen LogP) is 6.79. The summed E-state index contributed by atoms with van der Waals surface area (Å²) >= 11 is 0. The number of likely N-dealkylation sites (tertiary alicyclic amines) is 1. The average molecular weight is 431 g/mol. The summed E-state index contributed by atoms with van der Waals surface area (Å²) in [5.74, 6) is 1.40. The summed E-state index contributed by atoms with van der Waals surface area (Å²) in [4.78, 5) is 15.1. The molecule has 169 valence electrons. The van der Waals surface area contributed by atoms with Crippen LogP contribution in [-0.4, -0.2) is 30.5 Å². The highest BCUT2D eigenvalue weighted by molar-refractivity contribution is 5.94. The van der Waals surface area contributed by atoms with Crippen LogP contribution >= 0.6 is 0 Å². The van der Waals surface area contributed by atoms with Gasteiger partial charge in [0.1, 0.15) is 12.4 Å². The van der Waals surface area contributed by atoms with Crippen molar-refractivity contribution in [1.82, 2.24) is 4.90 Å². The van der Waals surface area contributed by atoms with E-state index < -0.39 is 0 Å². The molecule has 0 bridgehead atoms. The minimum absolute atomic E-state index is 0.112. The van der Waals surface area contributed by atoms with E-state index in [1.807, 2.05) is 29.2 Å². The second kappa shape index (κ2) is 9.94. The molecule has 0 N–H and O–H groups in total. The number of amides is 1. The Kier molecular flexibility index (Phi) is 7.03. The molecule has 2 aromatic rings. The number of rotatable bonds is 6. The van der Waals surface area contributed by atoms with Crippen LogP contribution in [0.1, 0.15) is 80.3 Å². The third-order valence-corrected chi connectivity index (χ3v) is 6.46. The van der Waals surface area contributed by atoms with Gasteiger partial charge in [-0.05, 0) is 85.3 Å². The number of hydrogen-bond acceptors (Lipinski definition) is 2. The van der Waals surface area contributed by atoms with Gasteiger partial charge in [0, 0.05) is 18.7 Å². The molecule has 2 aliphatic rings. The molecular formula is C29H36NO2. The summed E-state index contributed by atoms with van der Waals surface area (Å²) in [7, 11) is 0. The predicted molar refractivity (Wildman–Crippen MR) is 131 cm³/mol. The van der Waals surface area contributed by atoms with E-state index in [1.54, 1.807) is 0 Å². The molecule has 1 aliphatic heterocycles. The van der Waals surface area contributed by atoms with Crippen molar-refractivity contribution >= 4 is 5.91 Å². The first-order valence-corrected chi connectivity index (χ1v) is 12.0. The first kappa shape index (κ1) is 22.6. The van der Waals surface area contributed by atoms with Gasteiger partial charge in [-0.1, -0.05) is 56.7 Å². The number of allylic oxidation sites excluding steroid dienone is 1. The summed E-state index contributed by atoms with van der Waals surface area (Å²) in [5.41, 5.74) is 5.06. The molecule has 1 aliphatic carbocycles. The maximum Gasteiger partial charge on any atom is 0.253 e. The average Bonchev–Trinajstić information content (AvgIpc) is 2.74. The lowest BCUT2D eigenvalue weighted by atomic mass is 9.84. The maximum absolute atomic E-state index is 13.1. The highest BCUT2D eigenvalue weighted by Crippen LogP contribution is 2.31. The molecular weight excluding hydrogens is 394 g/mol. The molecule has 1 radical (unpaired) electrons. The molecule has 32 heavy (non-hydrogen) atoms. The third-order valence-electron chi connectivity index (χ3n) is 6.46. The van der Waals surface area contributed by atoms with Crippen LogP contribution in [0.3, 0.4) is 0 Å². The minimum Gasteiger partial charge on any atom is -0.490 e. The summed E-state index contributed by atoms with van der Waals surface area (Å²) in [5, 5.41) is 0. The van der Waals surface area contributed by atoms with E-state index in [4.69, 9.17) is 4.74 Å². The number of benzene rings is 2. The second-order valence-corrected chi connectivity index (χ2v) is 10.3. The van der Waals surface area contributed by atoms with E-state index in [1.165, 1.54) is 36.0 Å². The van der Waals surface area contributed by atoms with Gasteiger partial charge in [-0.25, -0.2) is 0 Å². The lowest BCUT2D eigenvalue weighted by molar-refractivity contribution is 0.0712. The van der Waals surface area contributed by atoms with Gasteiger partial charge in [0.15, 0.2) is 0 Å². The molecule has 1 heterocycles. The number of piperidine rings is 1. The molecule has 0 spiro atoms. The van der Waals surface area contributed by atoms with Crippen molar-refractivity contribution in [2.24, 2.45) is 5.41 Å². The SMILES string of the molecule is CC(C)(C)[CH]c1cccc(C2CCN(C(=O)c3cccc(OCC=C4CCC4)c3)CC2)c1. The first-order chi connectivity index (χ1) is 15.4. The first-order valence-electron chi connectivity index (χ1n) is 12.0. The summed E-state index contributed by atoms with van der Waals surface area (Å²) < 4.78 is 5.86. The van der Waals surface area contributed by atoms with Crippen LogP contribution < -0.4 is 4.74 Å². The van der Waals surface area contributed by atoms with Crippen molar-refractivity contribution < 1.29 is 9.53 Å². The molecule has 2 aromatic carbocycles. The van der Waals surface area contributed by atoms with Gasteiger partial charge in [-0.2, -0.15) is 0 Å². The van der Waals surface area contributed by atoms with Gasteiger partial charge in [0.2, 0.25) is 0 Å². The van der Waals surface area contributed by atoms with Gasteiger partial charge in [0.25, 0.3) is 5.91 Å². The van der Waals surface area contributed by atoms with E-state index in [2.05, 4.69) is 57.5 Å². The Morgan fingerprint density at radius 3 is 2.50 bits per heavy atom. The molecule has 0 aromatic heterocycles. The summed E-state index contributed by atoms with van der Waals surface area (Å²) in [6, 6.07) is 16.6. The smallest absolute Gasteiger partial charge is 0.253 e. The van der Waals surface area contributed by atoms with Gasteiger partial charge in [-0.3, -0.25) is 4.79 Å².